The molecule has 0 aliphatic carbocycles. The quantitative estimate of drug-likeness (QED) is 0.553. The SMILES string of the molecule is CCCn1ncc(CN2CCCCC2C(=O)Nc2ccc(Oc3ccccc3)nc2)c1C. The number of aromatic nitrogens is 3. The molecule has 168 valence electrons. The van der Waals surface area contributed by atoms with Crippen molar-refractivity contribution in [3.63, 3.8) is 0 Å². The van der Waals surface area contributed by atoms with Gasteiger partial charge in [-0.25, -0.2) is 4.98 Å². The predicted molar refractivity (Wildman–Crippen MR) is 125 cm³/mol. The van der Waals surface area contributed by atoms with E-state index in [1.54, 1.807) is 12.3 Å². The summed E-state index contributed by atoms with van der Waals surface area (Å²) in [5.41, 5.74) is 3.06. The van der Waals surface area contributed by atoms with Crippen molar-refractivity contribution in [2.75, 3.05) is 11.9 Å². The van der Waals surface area contributed by atoms with Gasteiger partial charge in [-0.1, -0.05) is 31.5 Å². The van der Waals surface area contributed by atoms with Crippen molar-refractivity contribution in [2.45, 2.75) is 58.7 Å². The number of benzene rings is 1. The Morgan fingerprint density at radius 1 is 1.16 bits per heavy atom. The zero-order chi connectivity index (χ0) is 22.3. The Morgan fingerprint density at radius 2 is 2.00 bits per heavy atom. The third-order valence-electron chi connectivity index (χ3n) is 5.90. The first kappa shape index (κ1) is 22.0. The molecule has 0 radical (unpaired) electrons. The van der Waals surface area contributed by atoms with Gasteiger partial charge in [0.05, 0.1) is 24.1 Å². The van der Waals surface area contributed by atoms with Gasteiger partial charge in [-0.05, 0) is 50.9 Å². The van der Waals surface area contributed by atoms with Crippen LogP contribution in [0.15, 0.2) is 54.9 Å². The molecule has 1 aliphatic heterocycles. The van der Waals surface area contributed by atoms with Gasteiger partial charge < -0.3 is 10.1 Å². The van der Waals surface area contributed by atoms with Gasteiger partial charge in [0.1, 0.15) is 5.75 Å². The number of carbonyl (C=O) groups is 1. The van der Waals surface area contributed by atoms with Crippen LogP contribution in [0.1, 0.15) is 43.9 Å². The number of piperidine rings is 1. The molecule has 4 rings (SSSR count). The van der Waals surface area contributed by atoms with Crippen LogP contribution in [0.4, 0.5) is 5.69 Å². The minimum Gasteiger partial charge on any atom is -0.439 e. The average Bonchev–Trinajstić information content (AvgIpc) is 3.15. The van der Waals surface area contributed by atoms with Crippen LogP contribution >= 0.6 is 0 Å². The summed E-state index contributed by atoms with van der Waals surface area (Å²) in [6.45, 7) is 6.85. The van der Waals surface area contributed by atoms with Gasteiger partial charge in [0.15, 0.2) is 0 Å². The summed E-state index contributed by atoms with van der Waals surface area (Å²) in [4.78, 5) is 19.7. The van der Waals surface area contributed by atoms with Gasteiger partial charge in [-0.15, -0.1) is 0 Å². The molecule has 1 fully saturated rings. The molecular formula is C25H31N5O2. The zero-order valence-electron chi connectivity index (χ0n) is 18.8. The minimum absolute atomic E-state index is 0.0156. The molecule has 1 aromatic carbocycles. The van der Waals surface area contributed by atoms with E-state index < -0.39 is 0 Å². The number of nitrogens with one attached hydrogen (secondary N) is 1. The Balaban J connectivity index is 1.38. The van der Waals surface area contributed by atoms with E-state index in [-0.39, 0.29) is 11.9 Å². The Labute approximate surface area is 189 Å². The Morgan fingerprint density at radius 3 is 2.75 bits per heavy atom. The summed E-state index contributed by atoms with van der Waals surface area (Å²) in [6.07, 6.45) is 7.67. The van der Waals surface area contributed by atoms with Crippen molar-refractivity contribution >= 4 is 11.6 Å². The number of aryl methyl sites for hydroxylation is 1. The molecule has 7 nitrogen and oxygen atoms in total. The van der Waals surface area contributed by atoms with E-state index >= 15 is 0 Å². The standard InChI is InChI=1S/C25H31N5O2/c1-3-14-30-19(2)20(16-27-30)18-29-15-8-7-11-23(29)25(31)28-21-12-13-24(26-17-21)32-22-9-5-4-6-10-22/h4-6,9-10,12-13,16-17,23H,3,7-8,11,14-15,18H2,1-2H3,(H,28,31). The maximum atomic E-state index is 13.1. The van der Waals surface area contributed by atoms with E-state index in [1.807, 2.05) is 42.6 Å². The lowest BCUT2D eigenvalue weighted by atomic mass is 10.0. The van der Waals surface area contributed by atoms with E-state index in [0.717, 1.165) is 51.1 Å². The average molecular weight is 434 g/mol. The highest BCUT2D eigenvalue weighted by atomic mass is 16.5. The molecule has 1 aliphatic rings. The topological polar surface area (TPSA) is 72.3 Å². The first-order valence-corrected chi connectivity index (χ1v) is 11.4. The summed E-state index contributed by atoms with van der Waals surface area (Å²) < 4.78 is 7.78. The number of ether oxygens (including phenoxy) is 1. The van der Waals surface area contributed by atoms with E-state index in [9.17, 15) is 4.79 Å². The van der Waals surface area contributed by atoms with Crippen LogP contribution in [0.25, 0.3) is 0 Å². The maximum Gasteiger partial charge on any atom is 0.241 e. The number of anilines is 1. The third-order valence-corrected chi connectivity index (χ3v) is 5.90. The fourth-order valence-corrected chi connectivity index (χ4v) is 4.12. The number of hydrogen-bond donors (Lipinski definition) is 1. The lowest BCUT2D eigenvalue weighted by Crippen LogP contribution is -2.46. The highest BCUT2D eigenvalue weighted by molar-refractivity contribution is 5.94. The smallest absolute Gasteiger partial charge is 0.241 e. The maximum absolute atomic E-state index is 13.1. The minimum atomic E-state index is -0.155. The molecule has 7 heteroatoms. The highest BCUT2D eigenvalue weighted by Gasteiger charge is 2.29. The van der Waals surface area contributed by atoms with Gasteiger partial charge >= 0.3 is 0 Å². The molecule has 32 heavy (non-hydrogen) atoms. The Hall–Kier alpha value is -3.19. The number of carbonyl (C=O) groups excluding carboxylic acids is 1. The number of amides is 1. The lowest BCUT2D eigenvalue weighted by molar-refractivity contribution is -0.122. The molecular weight excluding hydrogens is 402 g/mol. The first-order chi connectivity index (χ1) is 15.6. The second kappa shape index (κ2) is 10.4. The van der Waals surface area contributed by atoms with E-state index in [4.69, 9.17) is 4.74 Å². The summed E-state index contributed by atoms with van der Waals surface area (Å²) in [5.74, 6) is 1.24. The number of likely N-dealkylation sites (tertiary alicyclic amines) is 1. The van der Waals surface area contributed by atoms with E-state index in [2.05, 4.69) is 38.8 Å². The summed E-state index contributed by atoms with van der Waals surface area (Å²) in [6, 6.07) is 13.0. The molecule has 0 saturated carbocycles. The molecule has 1 atom stereocenters. The number of nitrogens with zero attached hydrogens (tertiary/aromatic N) is 4. The van der Waals surface area contributed by atoms with Crippen LogP contribution in [0.5, 0.6) is 11.6 Å². The monoisotopic (exact) mass is 433 g/mol. The molecule has 0 bridgehead atoms. The van der Waals surface area contributed by atoms with Gasteiger partial charge in [0.25, 0.3) is 0 Å². The fourth-order valence-electron chi connectivity index (χ4n) is 4.12. The molecule has 3 aromatic rings. The number of para-hydroxylation sites is 1. The van der Waals surface area contributed by atoms with Crippen molar-refractivity contribution in [1.82, 2.24) is 19.7 Å². The summed E-state index contributed by atoms with van der Waals surface area (Å²) >= 11 is 0. The van der Waals surface area contributed by atoms with Crippen molar-refractivity contribution in [3.05, 3.63) is 66.1 Å². The fraction of sp³-hybridized carbons (Fsp3) is 0.400. The van der Waals surface area contributed by atoms with Gasteiger partial charge in [-0.2, -0.15) is 5.10 Å². The largest absolute Gasteiger partial charge is 0.439 e. The number of hydrogen-bond acceptors (Lipinski definition) is 5. The molecule has 0 spiro atoms. The van der Waals surface area contributed by atoms with Gasteiger partial charge in [0.2, 0.25) is 11.8 Å². The van der Waals surface area contributed by atoms with Crippen LogP contribution in [0.2, 0.25) is 0 Å². The number of pyridine rings is 1. The van der Waals surface area contributed by atoms with Crippen LogP contribution in [-0.4, -0.2) is 38.2 Å². The number of rotatable bonds is 8. The lowest BCUT2D eigenvalue weighted by Gasteiger charge is -2.34. The van der Waals surface area contributed by atoms with Crippen LogP contribution in [0.3, 0.4) is 0 Å². The van der Waals surface area contributed by atoms with Crippen molar-refractivity contribution < 1.29 is 9.53 Å². The van der Waals surface area contributed by atoms with Crippen LogP contribution in [0, 0.1) is 6.92 Å². The third kappa shape index (κ3) is 5.34. The van der Waals surface area contributed by atoms with Crippen molar-refractivity contribution in [1.29, 1.82) is 0 Å². The molecule has 1 N–H and O–H groups in total. The van der Waals surface area contributed by atoms with Crippen LogP contribution < -0.4 is 10.1 Å². The Bertz CT molecular complexity index is 1020. The first-order valence-electron chi connectivity index (χ1n) is 11.4. The molecule has 2 aromatic heterocycles. The molecule has 1 amide bonds. The Kier molecular flexibility index (Phi) is 7.17. The second-order valence-corrected chi connectivity index (χ2v) is 8.25. The zero-order valence-corrected chi connectivity index (χ0v) is 18.8. The van der Waals surface area contributed by atoms with E-state index in [1.165, 1.54) is 11.3 Å². The van der Waals surface area contributed by atoms with Gasteiger partial charge in [-0.3, -0.25) is 14.4 Å². The normalized spacial score (nSPS) is 16.6. The van der Waals surface area contributed by atoms with Crippen molar-refractivity contribution in [2.24, 2.45) is 0 Å². The summed E-state index contributed by atoms with van der Waals surface area (Å²) in [7, 11) is 0. The predicted octanol–water partition coefficient (Wildman–Crippen LogP) is 4.78. The second-order valence-electron chi connectivity index (χ2n) is 8.25. The molecule has 1 saturated heterocycles. The molecule has 3 heterocycles. The molecule has 1 unspecified atom stereocenters. The van der Waals surface area contributed by atoms with E-state index in [0.29, 0.717) is 11.6 Å². The van der Waals surface area contributed by atoms with Crippen molar-refractivity contribution in [3.8, 4) is 11.6 Å². The summed E-state index contributed by atoms with van der Waals surface area (Å²) in [5, 5.41) is 7.56. The van der Waals surface area contributed by atoms with Crippen LogP contribution in [-0.2, 0) is 17.9 Å². The van der Waals surface area contributed by atoms with Gasteiger partial charge in [0, 0.05) is 30.4 Å². The highest BCUT2D eigenvalue weighted by Crippen LogP contribution is 2.24.